The molecule has 0 N–H and O–H groups in total. The summed E-state index contributed by atoms with van der Waals surface area (Å²) >= 11 is 1.07. The fourth-order valence-electron chi connectivity index (χ4n) is 1.05. The van der Waals surface area contributed by atoms with Gasteiger partial charge in [0.1, 0.15) is 0 Å². The summed E-state index contributed by atoms with van der Waals surface area (Å²) < 4.78 is 38.4. The molecule has 0 saturated carbocycles. The van der Waals surface area contributed by atoms with Gasteiger partial charge in [0.15, 0.2) is 0 Å². The lowest BCUT2D eigenvalue weighted by Crippen LogP contribution is -2.44. The minimum absolute atomic E-state index is 0.0139. The molecule has 0 aliphatic carbocycles. The van der Waals surface area contributed by atoms with Crippen molar-refractivity contribution in [1.82, 2.24) is 13.3 Å². The van der Waals surface area contributed by atoms with E-state index in [0.717, 1.165) is 11.8 Å². The lowest BCUT2D eigenvalue weighted by molar-refractivity contribution is -0.143. The lowest BCUT2D eigenvalue weighted by atomic mass is 10.4. The fraction of sp³-hybridized carbons (Fsp3) is 0.500. The monoisotopic (exact) mass is 269 g/mol. The SMILES string of the molecule is CSCn1c(=O)c(C(F)(F)F)n[n]([AlH2])c1=O. The van der Waals surface area contributed by atoms with E-state index < -0.39 is 23.1 Å². The Labute approximate surface area is 99.9 Å². The Hall–Kier alpha value is -0.718. The van der Waals surface area contributed by atoms with Crippen molar-refractivity contribution in [2.45, 2.75) is 12.1 Å². The molecular formula is C6H7AlF3N3O2S. The van der Waals surface area contributed by atoms with E-state index in [0.29, 0.717) is 8.23 Å². The van der Waals surface area contributed by atoms with Crippen molar-refractivity contribution in [3.63, 3.8) is 0 Å². The highest BCUT2D eigenvalue weighted by Gasteiger charge is 2.37. The van der Waals surface area contributed by atoms with Gasteiger partial charge < -0.3 is 3.67 Å². The largest absolute Gasteiger partial charge is 0.440 e. The summed E-state index contributed by atoms with van der Waals surface area (Å²) in [7, 11) is 0. The van der Waals surface area contributed by atoms with Crippen molar-refractivity contribution in [3.8, 4) is 0 Å². The molecule has 0 bridgehead atoms. The molecule has 0 aromatic carbocycles. The first-order chi connectivity index (χ1) is 7.29. The van der Waals surface area contributed by atoms with Crippen molar-refractivity contribution < 1.29 is 13.2 Å². The van der Waals surface area contributed by atoms with Crippen LogP contribution in [0.5, 0.6) is 0 Å². The van der Waals surface area contributed by atoms with Gasteiger partial charge in [-0.2, -0.15) is 18.3 Å². The molecular weight excluding hydrogens is 262 g/mol. The topological polar surface area (TPSA) is 56.9 Å². The van der Waals surface area contributed by atoms with Crippen molar-refractivity contribution in [2.24, 2.45) is 0 Å². The summed E-state index contributed by atoms with van der Waals surface area (Å²) in [6.45, 7) is 0. The molecule has 0 amide bonds. The van der Waals surface area contributed by atoms with Crippen LogP contribution in [0.4, 0.5) is 13.2 Å². The van der Waals surface area contributed by atoms with Crippen LogP contribution >= 0.6 is 11.8 Å². The van der Waals surface area contributed by atoms with E-state index in [1.165, 1.54) is 0 Å². The normalized spacial score (nSPS) is 11.8. The predicted octanol–water partition coefficient (Wildman–Crippen LogP) is -0.860. The van der Waals surface area contributed by atoms with Gasteiger partial charge in [0, 0.05) is 0 Å². The maximum atomic E-state index is 12.4. The molecule has 1 rings (SSSR count). The molecule has 0 aliphatic rings. The molecule has 1 aromatic heterocycles. The first-order valence-electron chi connectivity index (χ1n) is 4.03. The zero-order valence-electron chi connectivity index (χ0n) is 8.41. The molecule has 16 heavy (non-hydrogen) atoms. The first-order valence-corrected chi connectivity index (χ1v) is 6.32. The zero-order valence-corrected chi connectivity index (χ0v) is 11.2. The van der Waals surface area contributed by atoms with Gasteiger partial charge in [-0.05, 0) is 6.26 Å². The minimum Gasteiger partial charge on any atom is -0.322 e. The maximum absolute atomic E-state index is 12.4. The van der Waals surface area contributed by atoms with Gasteiger partial charge in [-0.15, -0.1) is 11.8 Å². The van der Waals surface area contributed by atoms with Gasteiger partial charge in [0.05, 0.1) is 5.88 Å². The van der Waals surface area contributed by atoms with E-state index >= 15 is 0 Å². The van der Waals surface area contributed by atoms with E-state index in [4.69, 9.17) is 0 Å². The number of hydrogen-bond donors (Lipinski definition) is 0. The number of aromatic nitrogens is 3. The molecule has 0 radical (unpaired) electrons. The molecule has 88 valence electrons. The van der Waals surface area contributed by atoms with Gasteiger partial charge in [-0.3, -0.25) is 4.79 Å². The van der Waals surface area contributed by atoms with Crippen molar-refractivity contribution >= 4 is 28.3 Å². The molecule has 0 unspecified atom stereocenters. The third-order valence-corrected chi connectivity index (χ3v) is 2.83. The number of hydrogen-bond acceptors (Lipinski definition) is 4. The van der Waals surface area contributed by atoms with Crippen LogP contribution in [0.1, 0.15) is 5.69 Å². The summed E-state index contributed by atoms with van der Waals surface area (Å²) in [5, 5.41) is 2.98. The molecule has 1 aromatic rings. The molecule has 0 saturated heterocycles. The minimum atomic E-state index is -4.84. The highest BCUT2D eigenvalue weighted by atomic mass is 32.2. The Kier molecular flexibility index (Phi) is 3.88. The second-order valence-electron chi connectivity index (χ2n) is 2.90. The standard InChI is InChI=1S/C6H6F3N3O2S.Al.2H/c1-15-2-12-4(13)3(6(7,8)9)10-11-5(12)14;;;/h2H2,1H3,(H,11,13,14);;;/q;+1;;/p-1. The Bertz CT molecular complexity index is 509. The van der Waals surface area contributed by atoms with Crippen LogP contribution in [0.2, 0.25) is 0 Å². The van der Waals surface area contributed by atoms with Gasteiger partial charge in [0.25, 0.3) is 5.56 Å². The number of halogens is 3. The number of nitrogens with zero attached hydrogens (tertiary/aromatic N) is 3. The van der Waals surface area contributed by atoms with E-state index in [1.807, 2.05) is 0 Å². The van der Waals surface area contributed by atoms with Crippen LogP contribution in [0, 0.1) is 0 Å². The average Bonchev–Trinajstić information content (AvgIpc) is 2.16. The predicted molar refractivity (Wildman–Crippen MR) is 55.2 cm³/mol. The fourth-order valence-corrected chi connectivity index (χ4v) is 1.97. The lowest BCUT2D eigenvalue weighted by Gasteiger charge is -2.10. The summed E-state index contributed by atoms with van der Waals surface area (Å²) in [6, 6.07) is 0. The molecule has 0 fully saturated rings. The number of rotatable bonds is 2. The quantitative estimate of drug-likeness (QED) is 0.656. The van der Waals surface area contributed by atoms with Crippen LogP contribution in [-0.4, -0.2) is 36.1 Å². The molecule has 0 spiro atoms. The summed E-state index contributed by atoms with van der Waals surface area (Å²) in [6.07, 6.45) is -3.26. The summed E-state index contributed by atoms with van der Waals surface area (Å²) in [5.74, 6) is -0.120. The molecule has 10 heteroatoms. The van der Waals surface area contributed by atoms with Crippen LogP contribution < -0.4 is 11.2 Å². The Morgan fingerprint density at radius 2 is 2.00 bits per heavy atom. The van der Waals surface area contributed by atoms with Crippen LogP contribution in [0.3, 0.4) is 0 Å². The second-order valence-corrected chi connectivity index (χ2v) is 4.59. The second kappa shape index (κ2) is 4.65. The summed E-state index contributed by atoms with van der Waals surface area (Å²) in [5.41, 5.74) is -3.74. The van der Waals surface area contributed by atoms with Crippen LogP contribution in [0.15, 0.2) is 9.59 Å². The van der Waals surface area contributed by atoms with Gasteiger partial charge in [0.2, 0.25) is 5.69 Å². The highest BCUT2D eigenvalue weighted by Crippen LogP contribution is 2.23. The van der Waals surface area contributed by atoms with Gasteiger partial charge in [-0.25, -0.2) is 9.36 Å². The summed E-state index contributed by atoms with van der Waals surface area (Å²) in [4.78, 5) is 22.7. The van der Waals surface area contributed by atoms with E-state index in [2.05, 4.69) is 5.10 Å². The maximum Gasteiger partial charge on any atom is 0.440 e. The Morgan fingerprint density at radius 3 is 2.44 bits per heavy atom. The smallest absolute Gasteiger partial charge is 0.322 e. The third-order valence-electron chi connectivity index (χ3n) is 1.73. The van der Waals surface area contributed by atoms with Crippen molar-refractivity contribution in [2.75, 3.05) is 6.26 Å². The van der Waals surface area contributed by atoms with Crippen molar-refractivity contribution in [3.05, 3.63) is 26.5 Å². The van der Waals surface area contributed by atoms with Gasteiger partial charge in [-0.1, -0.05) is 0 Å². The number of alkyl halides is 3. The molecule has 5 nitrogen and oxygen atoms in total. The van der Waals surface area contributed by atoms with Crippen molar-refractivity contribution in [1.29, 1.82) is 0 Å². The average molecular weight is 269 g/mol. The van der Waals surface area contributed by atoms with E-state index in [1.54, 1.807) is 6.26 Å². The third kappa shape index (κ3) is 2.51. The van der Waals surface area contributed by atoms with Crippen LogP contribution in [0.25, 0.3) is 0 Å². The van der Waals surface area contributed by atoms with E-state index in [-0.39, 0.29) is 22.4 Å². The highest BCUT2D eigenvalue weighted by molar-refractivity contribution is 7.97. The number of thioether (sulfide) groups is 1. The Morgan fingerprint density at radius 1 is 1.44 bits per heavy atom. The molecule has 0 aliphatic heterocycles. The zero-order chi connectivity index (χ0) is 12.5. The van der Waals surface area contributed by atoms with Gasteiger partial charge >= 0.3 is 28.4 Å². The molecule has 0 atom stereocenters. The molecule has 1 heterocycles. The van der Waals surface area contributed by atoms with E-state index in [9.17, 15) is 22.8 Å². The first kappa shape index (κ1) is 13.3. The Balaban J connectivity index is 3.58. The van der Waals surface area contributed by atoms with Crippen LogP contribution in [-0.2, 0) is 12.1 Å².